The molecule has 1 fully saturated rings. The zero-order chi connectivity index (χ0) is 12.3. The van der Waals surface area contributed by atoms with Crippen LogP contribution in [-0.2, 0) is 0 Å². The number of benzene rings is 1. The first-order valence-electron chi connectivity index (χ1n) is 6.46. The summed E-state index contributed by atoms with van der Waals surface area (Å²) < 4.78 is 1.19. The molecule has 0 amide bonds. The van der Waals surface area contributed by atoms with Crippen LogP contribution < -0.4 is 11.1 Å². The summed E-state index contributed by atoms with van der Waals surface area (Å²) in [5.41, 5.74) is 8.01. The maximum absolute atomic E-state index is 6.04. The van der Waals surface area contributed by atoms with Gasteiger partial charge in [0.15, 0.2) is 0 Å². The molecule has 0 radical (unpaired) electrons. The van der Waals surface area contributed by atoms with Gasteiger partial charge in [0.1, 0.15) is 0 Å². The number of halogens is 1. The van der Waals surface area contributed by atoms with Crippen molar-refractivity contribution in [3.63, 3.8) is 0 Å². The van der Waals surface area contributed by atoms with Gasteiger partial charge < -0.3 is 11.1 Å². The molecule has 94 valence electrons. The number of anilines is 2. The lowest BCUT2D eigenvalue weighted by atomic mass is 10.0. The number of nitrogen functional groups attached to an aromatic ring is 1. The lowest BCUT2D eigenvalue weighted by Crippen LogP contribution is -2.19. The summed E-state index contributed by atoms with van der Waals surface area (Å²) in [6.45, 7) is 2.36. The van der Waals surface area contributed by atoms with E-state index in [1.165, 1.54) is 35.7 Å². The molecular formula is C14H21IN2. The second-order valence-corrected chi connectivity index (χ2v) is 6.43. The topological polar surface area (TPSA) is 38.0 Å². The van der Waals surface area contributed by atoms with Crippen LogP contribution in [0.5, 0.6) is 0 Å². The molecule has 1 aromatic carbocycles. The van der Waals surface area contributed by atoms with Gasteiger partial charge in [-0.25, -0.2) is 0 Å². The van der Waals surface area contributed by atoms with Gasteiger partial charge >= 0.3 is 0 Å². The quantitative estimate of drug-likeness (QED) is 0.478. The molecule has 2 nitrogen and oxygen atoms in total. The number of hydrogen-bond donors (Lipinski definition) is 2. The number of nitrogens with two attached hydrogens (primary N) is 1. The molecule has 3 N–H and O–H groups in total. The minimum Gasteiger partial charge on any atom is -0.397 e. The van der Waals surface area contributed by atoms with E-state index in [-0.39, 0.29) is 0 Å². The molecule has 1 aliphatic carbocycles. The van der Waals surface area contributed by atoms with Crippen molar-refractivity contribution < 1.29 is 0 Å². The minimum absolute atomic E-state index is 0.599. The maximum atomic E-state index is 6.04. The van der Waals surface area contributed by atoms with Crippen molar-refractivity contribution in [3.8, 4) is 0 Å². The van der Waals surface area contributed by atoms with Crippen LogP contribution >= 0.6 is 22.6 Å². The van der Waals surface area contributed by atoms with Crippen molar-refractivity contribution in [3.05, 3.63) is 21.8 Å². The Morgan fingerprint density at radius 1 is 1.24 bits per heavy atom. The maximum Gasteiger partial charge on any atom is 0.0576 e. The lowest BCUT2D eigenvalue weighted by Gasteiger charge is -2.19. The largest absolute Gasteiger partial charge is 0.397 e. The molecule has 0 bridgehead atoms. The molecule has 2 atom stereocenters. The van der Waals surface area contributed by atoms with Crippen molar-refractivity contribution in [1.29, 1.82) is 0 Å². The summed E-state index contributed by atoms with van der Waals surface area (Å²) in [4.78, 5) is 0. The molecule has 1 aromatic rings. The normalized spacial score (nSPS) is 25.3. The highest BCUT2D eigenvalue weighted by Gasteiger charge is 2.16. The van der Waals surface area contributed by atoms with Gasteiger partial charge in [-0.15, -0.1) is 0 Å². The van der Waals surface area contributed by atoms with Gasteiger partial charge in [-0.1, -0.05) is 19.8 Å². The predicted molar refractivity (Wildman–Crippen MR) is 83.2 cm³/mol. The number of rotatable bonds is 2. The summed E-state index contributed by atoms with van der Waals surface area (Å²) >= 11 is 2.29. The van der Waals surface area contributed by atoms with E-state index < -0.39 is 0 Å². The molecule has 17 heavy (non-hydrogen) atoms. The molecule has 0 aromatic heterocycles. The van der Waals surface area contributed by atoms with E-state index in [9.17, 15) is 0 Å². The Balaban J connectivity index is 2.00. The zero-order valence-corrected chi connectivity index (χ0v) is 12.5. The van der Waals surface area contributed by atoms with Gasteiger partial charge in [-0.2, -0.15) is 0 Å². The third kappa shape index (κ3) is 3.76. The average molecular weight is 344 g/mol. The molecule has 3 heteroatoms. The fraction of sp³-hybridized carbons (Fsp3) is 0.571. The lowest BCUT2D eigenvalue weighted by molar-refractivity contribution is 0.502. The SMILES string of the molecule is CC1CCCC(Nc2ccc(I)cc2N)CC1. The van der Waals surface area contributed by atoms with E-state index in [1.54, 1.807) is 0 Å². The van der Waals surface area contributed by atoms with Crippen molar-refractivity contribution in [2.24, 2.45) is 5.92 Å². The second kappa shape index (κ2) is 5.94. The Hall–Kier alpha value is -0.450. The van der Waals surface area contributed by atoms with Crippen LogP contribution in [0, 0.1) is 9.49 Å². The van der Waals surface area contributed by atoms with Crippen molar-refractivity contribution in [2.75, 3.05) is 11.1 Å². The monoisotopic (exact) mass is 344 g/mol. The van der Waals surface area contributed by atoms with E-state index >= 15 is 0 Å². The Morgan fingerprint density at radius 2 is 2.06 bits per heavy atom. The summed E-state index contributed by atoms with van der Waals surface area (Å²) in [5, 5.41) is 3.61. The van der Waals surface area contributed by atoms with Crippen LogP contribution in [0.2, 0.25) is 0 Å². The average Bonchev–Trinajstić information content (AvgIpc) is 2.48. The molecule has 2 rings (SSSR count). The molecule has 1 saturated carbocycles. The van der Waals surface area contributed by atoms with Crippen molar-refractivity contribution in [1.82, 2.24) is 0 Å². The summed E-state index contributed by atoms with van der Waals surface area (Å²) in [6.07, 6.45) is 6.59. The second-order valence-electron chi connectivity index (χ2n) is 5.19. The Bertz CT molecular complexity index is 378. The molecule has 0 heterocycles. The van der Waals surface area contributed by atoms with E-state index in [0.717, 1.165) is 17.3 Å². The van der Waals surface area contributed by atoms with Crippen LogP contribution in [0.1, 0.15) is 39.0 Å². The van der Waals surface area contributed by atoms with Crippen LogP contribution in [0.25, 0.3) is 0 Å². The highest BCUT2D eigenvalue weighted by molar-refractivity contribution is 14.1. The third-order valence-electron chi connectivity index (χ3n) is 3.63. The minimum atomic E-state index is 0.599. The first-order chi connectivity index (χ1) is 8.15. The van der Waals surface area contributed by atoms with Crippen LogP contribution in [0.3, 0.4) is 0 Å². The highest BCUT2D eigenvalue weighted by atomic mass is 127. The Kier molecular flexibility index (Phi) is 4.54. The smallest absolute Gasteiger partial charge is 0.0576 e. The van der Waals surface area contributed by atoms with Gasteiger partial charge in [0, 0.05) is 9.61 Å². The van der Waals surface area contributed by atoms with Gasteiger partial charge in [0.2, 0.25) is 0 Å². The molecule has 1 aliphatic rings. The number of nitrogens with one attached hydrogen (secondary N) is 1. The van der Waals surface area contributed by atoms with Gasteiger partial charge in [-0.3, -0.25) is 0 Å². The molecular weight excluding hydrogens is 323 g/mol. The predicted octanol–water partition coefficient (Wildman–Crippen LogP) is 4.25. The fourth-order valence-electron chi connectivity index (χ4n) is 2.52. The highest BCUT2D eigenvalue weighted by Crippen LogP contribution is 2.27. The number of hydrogen-bond acceptors (Lipinski definition) is 2. The van der Waals surface area contributed by atoms with Crippen LogP contribution in [0.4, 0.5) is 11.4 Å². The fourth-order valence-corrected chi connectivity index (χ4v) is 3.03. The van der Waals surface area contributed by atoms with Gasteiger partial charge in [0.25, 0.3) is 0 Å². The van der Waals surface area contributed by atoms with Gasteiger partial charge in [0.05, 0.1) is 11.4 Å². The molecule has 0 saturated heterocycles. The van der Waals surface area contributed by atoms with E-state index in [1.807, 2.05) is 6.07 Å². The molecule has 2 unspecified atom stereocenters. The Morgan fingerprint density at radius 3 is 2.82 bits per heavy atom. The van der Waals surface area contributed by atoms with Gasteiger partial charge in [-0.05, 0) is 66.0 Å². The van der Waals surface area contributed by atoms with Crippen molar-refractivity contribution >= 4 is 34.0 Å². The first kappa shape index (κ1) is 13.0. The summed E-state index contributed by atoms with van der Waals surface area (Å²) in [7, 11) is 0. The van der Waals surface area contributed by atoms with E-state index in [2.05, 4.69) is 47.0 Å². The molecule has 0 aliphatic heterocycles. The zero-order valence-electron chi connectivity index (χ0n) is 10.4. The van der Waals surface area contributed by atoms with Crippen molar-refractivity contribution in [2.45, 2.75) is 45.1 Å². The molecule has 0 spiro atoms. The first-order valence-corrected chi connectivity index (χ1v) is 7.54. The van der Waals surface area contributed by atoms with Crippen LogP contribution in [0.15, 0.2) is 18.2 Å². The van der Waals surface area contributed by atoms with Crippen LogP contribution in [-0.4, -0.2) is 6.04 Å². The summed E-state index contributed by atoms with van der Waals surface area (Å²) in [6, 6.07) is 6.84. The standard InChI is InChI=1S/C14H21IN2/c1-10-3-2-4-12(7-5-10)17-14-8-6-11(15)9-13(14)16/h6,8-10,12,17H,2-5,7,16H2,1H3. The van der Waals surface area contributed by atoms with E-state index in [4.69, 9.17) is 5.73 Å². The Labute approximate surface area is 117 Å². The summed E-state index contributed by atoms with van der Waals surface area (Å²) in [5.74, 6) is 0.885. The third-order valence-corrected chi connectivity index (χ3v) is 4.30. The van der Waals surface area contributed by atoms with E-state index in [0.29, 0.717) is 6.04 Å².